The van der Waals surface area contributed by atoms with Crippen LogP contribution in [-0.2, 0) is 19.2 Å². The molecule has 1 aromatic heterocycles. The van der Waals surface area contributed by atoms with Gasteiger partial charge in [0, 0.05) is 43.6 Å². The molecule has 0 spiro atoms. The van der Waals surface area contributed by atoms with Gasteiger partial charge in [-0.2, -0.15) is 0 Å². The van der Waals surface area contributed by atoms with Gasteiger partial charge < -0.3 is 26.0 Å². The number of amides is 5. The van der Waals surface area contributed by atoms with E-state index in [1.54, 1.807) is 23.5 Å². The highest BCUT2D eigenvalue weighted by molar-refractivity contribution is 7.13. The summed E-state index contributed by atoms with van der Waals surface area (Å²) in [6.07, 6.45) is 3.50. The second-order valence-corrected chi connectivity index (χ2v) is 17.7. The molecule has 6 N–H and O–H groups in total. The van der Waals surface area contributed by atoms with E-state index < -0.39 is 29.5 Å². The first-order valence-corrected chi connectivity index (χ1v) is 22.1. The molecule has 1 unspecified atom stereocenters. The fourth-order valence-corrected chi connectivity index (χ4v) is 8.11. The molecule has 1 fully saturated rings. The van der Waals surface area contributed by atoms with Crippen molar-refractivity contribution in [1.82, 2.24) is 31.4 Å². The van der Waals surface area contributed by atoms with Crippen LogP contribution in [0, 0.1) is 12.3 Å². The van der Waals surface area contributed by atoms with Crippen LogP contribution in [0.3, 0.4) is 0 Å². The third kappa shape index (κ3) is 13.3. The van der Waals surface area contributed by atoms with Crippen molar-refractivity contribution in [3.63, 3.8) is 0 Å². The van der Waals surface area contributed by atoms with Crippen LogP contribution in [0.2, 0.25) is 0 Å². The molecule has 0 radical (unpaired) electrons. The minimum Gasteiger partial charge on any atom is -0.391 e. The number of hydrogen-bond acceptors (Lipinski definition) is 9. The summed E-state index contributed by atoms with van der Waals surface area (Å²) in [5.74, 6) is -1.29. The van der Waals surface area contributed by atoms with Crippen LogP contribution in [0.5, 0.6) is 0 Å². The normalized spacial score (nSPS) is 16.1. The maximum absolute atomic E-state index is 14.0. The lowest BCUT2D eigenvalue weighted by Gasteiger charge is -2.35. The molecule has 3 aromatic carbocycles. The van der Waals surface area contributed by atoms with Gasteiger partial charge in [0.25, 0.3) is 5.91 Å². The number of aryl methyl sites for hydroxylation is 1. The van der Waals surface area contributed by atoms with Crippen LogP contribution in [0.25, 0.3) is 21.6 Å². The second kappa shape index (κ2) is 21.9. The van der Waals surface area contributed by atoms with Gasteiger partial charge in [0.15, 0.2) is 0 Å². The number of hydrogen-bond donors (Lipinski definition) is 6. The van der Waals surface area contributed by atoms with Gasteiger partial charge in [-0.3, -0.25) is 29.4 Å². The molecule has 0 bridgehead atoms. The summed E-state index contributed by atoms with van der Waals surface area (Å²) in [5, 5.41) is 19.5. The average Bonchev–Trinajstić information content (AvgIpc) is 3.86. The first-order valence-electron chi connectivity index (χ1n) is 21.3. The predicted molar refractivity (Wildman–Crippen MR) is 240 cm³/mol. The van der Waals surface area contributed by atoms with Crippen LogP contribution < -0.4 is 26.8 Å². The zero-order valence-corrected chi connectivity index (χ0v) is 37.0. The van der Waals surface area contributed by atoms with Crippen molar-refractivity contribution in [2.45, 2.75) is 117 Å². The zero-order chi connectivity index (χ0) is 44.1. The zero-order valence-electron chi connectivity index (χ0n) is 36.2. The van der Waals surface area contributed by atoms with E-state index in [-0.39, 0.29) is 49.1 Å². The number of carbonyl (C=O) groups is 5. The standard InChI is InChI=1S/C47H61N7O6S/c1-7-26-49-53-44(58)36-20-16-33(17-21-36)34-22-24-37(25-23-34)51-40(56)12-10-8-9-11-13-41(57)52-43(47(4,5)6)46(60)54-28-38(55)27-39(54)45(59)50-30(2)32-14-18-35(19-15-32)42-31(3)48-29-61-42/h14-25,29-30,38-39,43,49,55H,7-13,26-28H2,1-6H3,(H,50,59)(H,51,56)(H,52,57)(H,53,58)/t30-,38+,39-,43?/m0/s1. The summed E-state index contributed by atoms with van der Waals surface area (Å²) in [6, 6.07) is 20.7. The van der Waals surface area contributed by atoms with Gasteiger partial charge in [0.05, 0.1) is 28.2 Å². The molecule has 1 aliphatic heterocycles. The van der Waals surface area contributed by atoms with E-state index in [1.165, 1.54) is 4.90 Å². The van der Waals surface area contributed by atoms with Crippen LogP contribution >= 0.6 is 11.3 Å². The summed E-state index contributed by atoms with van der Waals surface area (Å²) in [6.45, 7) is 12.2. The van der Waals surface area contributed by atoms with E-state index in [1.807, 2.05) is 108 Å². The predicted octanol–water partition coefficient (Wildman–Crippen LogP) is 7.08. The lowest BCUT2D eigenvalue weighted by atomic mass is 9.85. The Morgan fingerprint density at radius 3 is 2.03 bits per heavy atom. The van der Waals surface area contributed by atoms with Gasteiger partial charge in [0.2, 0.25) is 23.6 Å². The summed E-state index contributed by atoms with van der Waals surface area (Å²) < 4.78 is 0. The number of β-amino-alcohol motifs (C(OH)–C–C–N with tert-alkyl or cyclic N) is 1. The molecule has 4 atom stereocenters. The third-order valence-corrected chi connectivity index (χ3v) is 11.8. The fraction of sp³-hybridized carbons (Fsp3) is 0.447. The molecule has 61 heavy (non-hydrogen) atoms. The molecule has 1 aliphatic rings. The smallest absolute Gasteiger partial charge is 0.265 e. The molecule has 14 heteroatoms. The lowest BCUT2D eigenvalue weighted by Crippen LogP contribution is -2.57. The van der Waals surface area contributed by atoms with Gasteiger partial charge in [-0.05, 0) is 85.0 Å². The summed E-state index contributed by atoms with van der Waals surface area (Å²) >= 11 is 1.58. The van der Waals surface area contributed by atoms with Crippen molar-refractivity contribution in [2.24, 2.45) is 5.41 Å². The molecule has 13 nitrogen and oxygen atoms in total. The van der Waals surface area contributed by atoms with Crippen LogP contribution in [0.4, 0.5) is 5.69 Å². The van der Waals surface area contributed by atoms with Crippen LogP contribution in [0.1, 0.15) is 114 Å². The highest BCUT2D eigenvalue weighted by Gasteiger charge is 2.44. The van der Waals surface area contributed by atoms with E-state index in [0.717, 1.165) is 52.1 Å². The number of thiazole rings is 1. The number of hydrazine groups is 1. The van der Waals surface area contributed by atoms with Crippen molar-refractivity contribution in [2.75, 3.05) is 18.4 Å². The molecule has 5 rings (SSSR count). The molecule has 4 aromatic rings. The highest BCUT2D eigenvalue weighted by Crippen LogP contribution is 2.30. The number of nitrogens with zero attached hydrogens (tertiary/aromatic N) is 2. The summed E-state index contributed by atoms with van der Waals surface area (Å²) in [4.78, 5) is 72.6. The van der Waals surface area contributed by atoms with E-state index in [2.05, 4.69) is 31.8 Å². The average molecular weight is 852 g/mol. The maximum Gasteiger partial charge on any atom is 0.265 e. The number of aliphatic hydroxyl groups is 1. The number of anilines is 1. The number of unbranched alkanes of at least 4 members (excludes halogenated alkanes) is 3. The molecule has 5 amide bonds. The Labute approximate surface area is 363 Å². The van der Waals surface area contributed by atoms with Gasteiger partial charge in [-0.1, -0.05) is 89.1 Å². The van der Waals surface area contributed by atoms with Crippen LogP contribution in [-0.4, -0.2) is 75.8 Å². The van der Waals surface area contributed by atoms with E-state index >= 15 is 0 Å². The van der Waals surface area contributed by atoms with Gasteiger partial charge in [-0.25, -0.2) is 10.4 Å². The molecule has 326 valence electrons. The Balaban J connectivity index is 1.03. The molecular weight excluding hydrogens is 791 g/mol. The van der Waals surface area contributed by atoms with Crippen molar-refractivity contribution in [3.05, 3.63) is 95.1 Å². The third-order valence-electron chi connectivity index (χ3n) is 10.8. The Kier molecular flexibility index (Phi) is 16.7. The second-order valence-electron chi connectivity index (χ2n) is 16.9. The molecule has 0 aliphatic carbocycles. The summed E-state index contributed by atoms with van der Waals surface area (Å²) in [5.41, 5.74) is 12.8. The number of carbonyl (C=O) groups excluding carboxylic acids is 5. The Morgan fingerprint density at radius 2 is 1.44 bits per heavy atom. The molecule has 1 saturated heterocycles. The topological polar surface area (TPSA) is 182 Å². The number of aromatic nitrogens is 1. The van der Waals surface area contributed by atoms with Crippen molar-refractivity contribution in [1.29, 1.82) is 0 Å². The first kappa shape index (κ1) is 46.6. The molecular formula is C47H61N7O6S. The summed E-state index contributed by atoms with van der Waals surface area (Å²) in [7, 11) is 0. The minimum atomic E-state index is -0.898. The number of rotatable bonds is 19. The Bertz CT molecular complexity index is 2100. The molecule has 0 saturated carbocycles. The van der Waals surface area contributed by atoms with E-state index in [9.17, 15) is 29.1 Å². The lowest BCUT2D eigenvalue weighted by molar-refractivity contribution is -0.144. The quantitative estimate of drug-likeness (QED) is 0.0428. The molecule has 2 heterocycles. The van der Waals surface area contributed by atoms with Gasteiger partial charge in [-0.15, -0.1) is 11.3 Å². The van der Waals surface area contributed by atoms with Crippen molar-refractivity contribution in [3.8, 4) is 21.6 Å². The highest BCUT2D eigenvalue weighted by atomic mass is 32.1. The van der Waals surface area contributed by atoms with Crippen LogP contribution in [0.15, 0.2) is 78.3 Å². The van der Waals surface area contributed by atoms with Crippen molar-refractivity contribution >= 4 is 46.6 Å². The number of benzene rings is 3. The first-order chi connectivity index (χ1) is 29.1. The van der Waals surface area contributed by atoms with Gasteiger partial charge in [0.1, 0.15) is 12.1 Å². The largest absolute Gasteiger partial charge is 0.391 e. The minimum absolute atomic E-state index is 0.00394. The monoisotopic (exact) mass is 851 g/mol. The SMILES string of the molecule is CCCNNC(=O)c1ccc(-c2ccc(NC(=O)CCCCCCC(=O)NC(C(=O)N3C[C@H](O)C[C@H]3C(=O)N[C@@H](C)c3ccc(-c4scnc4C)cc3)C(C)(C)C)cc2)cc1. The Hall–Kier alpha value is -5.44. The van der Waals surface area contributed by atoms with E-state index in [0.29, 0.717) is 37.1 Å². The van der Waals surface area contributed by atoms with E-state index in [4.69, 9.17) is 0 Å². The maximum atomic E-state index is 14.0. The van der Waals surface area contributed by atoms with Crippen molar-refractivity contribution < 1.29 is 29.1 Å². The Morgan fingerprint density at radius 1 is 0.836 bits per heavy atom. The van der Waals surface area contributed by atoms with Gasteiger partial charge >= 0.3 is 0 Å². The number of nitrogens with one attached hydrogen (secondary N) is 5. The number of aliphatic hydroxyl groups excluding tert-OH is 1. The number of likely N-dealkylation sites (tertiary alicyclic amines) is 1. The fourth-order valence-electron chi connectivity index (χ4n) is 7.30.